The van der Waals surface area contributed by atoms with Crippen LogP contribution >= 0.6 is 0 Å². The number of carboxylic acids is 1. The fourth-order valence-electron chi connectivity index (χ4n) is 3.11. The van der Waals surface area contributed by atoms with Gasteiger partial charge < -0.3 is 9.90 Å². The molecule has 0 radical (unpaired) electrons. The Morgan fingerprint density at radius 2 is 2.23 bits per heavy atom. The van der Waals surface area contributed by atoms with Gasteiger partial charge in [-0.2, -0.15) is 0 Å². The molecule has 2 rings (SSSR count). The van der Waals surface area contributed by atoms with Crippen molar-refractivity contribution in [1.82, 2.24) is 0 Å². The molecule has 0 aromatic rings. The van der Waals surface area contributed by atoms with Gasteiger partial charge in [-0.05, 0) is 42.6 Å². The molecule has 72 valence electrons. The van der Waals surface area contributed by atoms with Gasteiger partial charge in [-0.1, -0.05) is 19.4 Å². The van der Waals surface area contributed by atoms with Crippen molar-refractivity contribution in [2.75, 3.05) is 0 Å². The second-order valence-electron chi connectivity index (χ2n) is 4.85. The largest absolute Gasteiger partial charge is 0.545 e. The van der Waals surface area contributed by atoms with Crippen LogP contribution in [0.4, 0.5) is 0 Å². The van der Waals surface area contributed by atoms with Crippen molar-refractivity contribution >= 4 is 5.97 Å². The van der Waals surface area contributed by atoms with Gasteiger partial charge in [-0.15, -0.1) is 0 Å². The van der Waals surface area contributed by atoms with E-state index < -0.39 is 5.97 Å². The van der Waals surface area contributed by atoms with Crippen molar-refractivity contribution in [2.45, 2.75) is 33.1 Å². The molecule has 0 unspecified atom stereocenters. The number of allylic oxidation sites excluding steroid dienone is 1. The third-order valence-corrected chi connectivity index (χ3v) is 3.91. The molecule has 0 amide bonds. The SMILES string of the molecule is CC1(C)/C(=C/C(=O)[O-])[C@H]2CC[C@@H]1C2. The van der Waals surface area contributed by atoms with Crippen molar-refractivity contribution in [1.29, 1.82) is 0 Å². The first-order valence-electron chi connectivity index (χ1n) is 4.95. The molecule has 0 heterocycles. The number of fused-ring (bicyclic) bond motifs is 2. The summed E-state index contributed by atoms with van der Waals surface area (Å²) in [5.41, 5.74) is 1.21. The minimum Gasteiger partial charge on any atom is -0.545 e. The van der Waals surface area contributed by atoms with Gasteiger partial charge in [0.15, 0.2) is 0 Å². The van der Waals surface area contributed by atoms with E-state index >= 15 is 0 Å². The highest BCUT2D eigenvalue weighted by atomic mass is 16.4. The van der Waals surface area contributed by atoms with E-state index in [4.69, 9.17) is 0 Å². The molecule has 2 nitrogen and oxygen atoms in total. The van der Waals surface area contributed by atoms with Gasteiger partial charge in [-0.25, -0.2) is 0 Å². The van der Waals surface area contributed by atoms with Crippen LogP contribution in [0.2, 0.25) is 0 Å². The minimum atomic E-state index is -1.03. The van der Waals surface area contributed by atoms with Crippen LogP contribution in [0.15, 0.2) is 11.6 Å². The Hall–Kier alpha value is -0.790. The standard InChI is InChI=1S/C11H16O2/c1-11(2)8-4-3-7(5-8)9(11)6-10(12)13/h6-8H,3-5H2,1-2H3,(H,12,13)/p-1/b9-6+/t7-,8+/m0/s1. The van der Waals surface area contributed by atoms with E-state index in [-0.39, 0.29) is 5.41 Å². The summed E-state index contributed by atoms with van der Waals surface area (Å²) in [4.78, 5) is 10.5. The Labute approximate surface area is 78.6 Å². The average molecular weight is 179 g/mol. The van der Waals surface area contributed by atoms with Gasteiger partial charge in [0.2, 0.25) is 0 Å². The minimum absolute atomic E-state index is 0.100. The second-order valence-corrected chi connectivity index (χ2v) is 4.85. The van der Waals surface area contributed by atoms with E-state index in [0.29, 0.717) is 11.8 Å². The number of hydrogen-bond donors (Lipinski definition) is 0. The molecule has 0 saturated heterocycles. The van der Waals surface area contributed by atoms with E-state index in [1.165, 1.54) is 25.3 Å². The van der Waals surface area contributed by atoms with Crippen LogP contribution in [0, 0.1) is 17.3 Å². The van der Waals surface area contributed by atoms with E-state index in [0.717, 1.165) is 5.57 Å². The Morgan fingerprint density at radius 3 is 2.69 bits per heavy atom. The van der Waals surface area contributed by atoms with Gasteiger partial charge in [0.1, 0.15) is 0 Å². The Bertz CT molecular complexity index is 276. The summed E-state index contributed by atoms with van der Waals surface area (Å²) in [6, 6.07) is 0. The number of hydrogen-bond acceptors (Lipinski definition) is 2. The van der Waals surface area contributed by atoms with Crippen molar-refractivity contribution in [3.05, 3.63) is 11.6 Å². The first-order valence-corrected chi connectivity index (χ1v) is 4.95. The highest BCUT2D eigenvalue weighted by Crippen LogP contribution is 2.58. The maximum absolute atomic E-state index is 10.5. The molecule has 2 fully saturated rings. The summed E-state index contributed by atoms with van der Waals surface area (Å²) in [7, 11) is 0. The molecule has 2 atom stereocenters. The molecule has 0 spiro atoms. The predicted octanol–water partition coefficient (Wildman–Crippen LogP) is 1.12. The highest BCUT2D eigenvalue weighted by molar-refractivity contribution is 5.79. The fourth-order valence-corrected chi connectivity index (χ4v) is 3.11. The zero-order chi connectivity index (χ0) is 9.64. The molecule has 13 heavy (non-hydrogen) atoms. The van der Waals surface area contributed by atoms with Crippen LogP contribution < -0.4 is 5.11 Å². The first kappa shape index (κ1) is 8.79. The molecule has 0 aromatic carbocycles. The number of carbonyl (C=O) groups excluding carboxylic acids is 1. The Kier molecular flexibility index (Phi) is 1.76. The molecule has 0 aromatic heterocycles. The molecular weight excluding hydrogens is 164 g/mol. The summed E-state index contributed by atoms with van der Waals surface area (Å²) in [5, 5.41) is 10.5. The summed E-state index contributed by atoms with van der Waals surface area (Å²) in [6.45, 7) is 4.32. The average Bonchev–Trinajstić information content (AvgIpc) is 2.53. The van der Waals surface area contributed by atoms with E-state index in [2.05, 4.69) is 13.8 Å². The maximum Gasteiger partial charge on any atom is 0.0642 e. The van der Waals surface area contributed by atoms with E-state index in [9.17, 15) is 9.90 Å². The zero-order valence-corrected chi connectivity index (χ0v) is 8.17. The lowest BCUT2D eigenvalue weighted by molar-refractivity contribution is -0.297. The third-order valence-electron chi connectivity index (χ3n) is 3.91. The van der Waals surface area contributed by atoms with Crippen LogP contribution in [0.3, 0.4) is 0 Å². The van der Waals surface area contributed by atoms with Crippen LogP contribution in [0.25, 0.3) is 0 Å². The molecule has 0 aliphatic heterocycles. The first-order chi connectivity index (χ1) is 6.01. The molecule has 2 saturated carbocycles. The van der Waals surface area contributed by atoms with Gasteiger partial charge >= 0.3 is 0 Å². The van der Waals surface area contributed by atoms with Crippen molar-refractivity contribution in [2.24, 2.45) is 17.3 Å². The molecule has 2 aliphatic rings. The second kappa shape index (κ2) is 2.60. The van der Waals surface area contributed by atoms with Crippen molar-refractivity contribution in [3.63, 3.8) is 0 Å². The number of carbonyl (C=O) groups is 1. The molecule has 2 heteroatoms. The van der Waals surface area contributed by atoms with Crippen LogP contribution in [0.5, 0.6) is 0 Å². The van der Waals surface area contributed by atoms with Crippen LogP contribution in [0.1, 0.15) is 33.1 Å². The van der Waals surface area contributed by atoms with E-state index in [1.807, 2.05) is 0 Å². The summed E-state index contributed by atoms with van der Waals surface area (Å²) in [6.07, 6.45) is 4.96. The van der Waals surface area contributed by atoms with Gasteiger partial charge in [0, 0.05) is 0 Å². The van der Waals surface area contributed by atoms with Crippen LogP contribution in [-0.4, -0.2) is 5.97 Å². The molecule has 2 bridgehead atoms. The summed E-state index contributed by atoms with van der Waals surface area (Å²) < 4.78 is 0. The summed E-state index contributed by atoms with van der Waals surface area (Å²) >= 11 is 0. The van der Waals surface area contributed by atoms with Crippen molar-refractivity contribution in [3.8, 4) is 0 Å². The van der Waals surface area contributed by atoms with Gasteiger partial charge in [0.05, 0.1) is 5.97 Å². The Morgan fingerprint density at radius 1 is 1.54 bits per heavy atom. The topological polar surface area (TPSA) is 40.1 Å². The lowest BCUT2D eigenvalue weighted by atomic mass is 9.73. The predicted molar refractivity (Wildman–Crippen MR) is 47.7 cm³/mol. The maximum atomic E-state index is 10.5. The molecular formula is C11H15O2-. The van der Waals surface area contributed by atoms with Gasteiger partial charge in [0.25, 0.3) is 0 Å². The number of carboxylic acid groups (broad SMARTS) is 1. The lowest BCUT2D eigenvalue weighted by Crippen LogP contribution is -2.27. The fraction of sp³-hybridized carbons (Fsp3) is 0.727. The quantitative estimate of drug-likeness (QED) is 0.566. The molecule has 2 aliphatic carbocycles. The highest BCUT2D eigenvalue weighted by Gasteiger charge is 2.48. The number of rotatable bonds is 1. The lowest BCUT2D eigenvalue weighted by Gasteiger charge is -2.32. The monoisotopic (exact) mass is 179 g/mol. The molecule has 0 N–H and O–H groups in total. The number of aliphatic carboxylic acids is 1. The normalized spacial score (nSPS) is 38.5. The summed E-state index contributed by atoms with van der Waals surface area (Å²) in [5.74, 6) is 0.191. The Balaban J connectivity index is 2.34. The van der Waals surface area contributed by atoms with Crippen molar-refractivity contribution < 1.29 is 9.90 Å². The van der Waals surface area contributed by atoms with Gasteiger partial charge in [-0.3, -0.25) is 0 Å². The van der Waals surface area contributed by atoms with E-state index in [1.54, 1.807) is 0 Å². The zero-order valence-electron chi connectivity index (χ0n) is 8.17. The van der Waals surface area contributed by atoms with Crippen LogP contribution in [-0.2, 0) is 4.79 Å². The smallest absolute Gasteiger partial charge is 0.0642 e. The third kappa shape index (κ3) is 1.19.